The van der Waals surface area contributed by atoms with Crippen molar-refractivity contribution in [1.82, 2.24) is 15.1 Å². The van der Waals surface area contributed by atoms with Crippen LogP contribution in [0.4, 0.5) is 4.79 Å². The molecule has 0 radical (unpaired) electrons. The number of aliphatic imine (C=N–C) groups is 1. The van der Waals surface area contributed by atoms with Gasteiger partial charge in [0.15, 0.2) is 9.84 Å². The number of nitrogens with one attached hydrogen (secondary N) is 1. The molecule has 196 valence electrons. The minimum Gasteiger partial charge on any atom is -0.353 e. The summed E-state index contributed by atoms with van der Waals surface area (Å²) >= 11 is 12.7. The predicted octanol–water partition coefficient (Wildman–Crippen LogP) is 4.49. The number of halogens is 2. The van der Waals surface area contributed by atoms with Crippen molar-refractivity contribution in [2.75, 3.05) is 25.9 Å². The lowest BCUT2D eigenvalue weighted by Gasteiger charge is -2.35. The fourth-order valence-electron chi connectivity index (χ4n) is 4.73. The van der Waals surface area contributed by atoms with E-state index in [2.05, 4.69) is 5.32 Å². The fourth-order valence-corrected chi connectivity index (χ4v) is 5.75. The molecule has 5 rings (SSSR count). The number of rotatable bonds is 4. The lowest BCUT2D eigenvalue weighted by Crippen LogP contribution is -2.55. The molecule has 1 saturated heterocycles. The Labute approximate surface area is 230 Å². The molecule has 1 N–H and O–H groups in total. The summed E-state index contributed by atoms with van der Waals surface area (Å²) < 4.78 is 24.1. The Kier molecular flexibility index (Phi) is 7.17. The van der Waals surface area contributed by atoms with Crippen molar-refractivity contribution in [3.05, 3.63) is 99.5 Å². The zero-order valence-electron chi connectivity index (χ0n) is 20.3. The van der Waals surface area contributed by atoms with Gasteiger partial charge in [-0.3, -0.25) is 14.7 Å². The summed E-state index contributed by atoms with van der Waals surface area (Å²) in [4.78, 5) is 34.5. The van der Waals surface area contributed by atoms with Crippen molar-refractivity contribution in [1.29, 1.82) is 0 Å². The van der Waals surface area contributed by atoms with E-state index >= 15 is 0 Å². The van der Waals surface area contributed by atoms with Gasteiger partial charge in [-0.25, -0.2) is 13.2 Å². The van der Waals surface area contributed by atoms with Gasteiger partial charge in [0.05, 0.1) is 10.9 Å². The molecule has 11 heteroatoms. The molecule has 0 bridgehead atoms. The molecule has 0 spiro atoms. The number of carbonyl (C=O) groups excluding carboxylic acids is 2. The molecule has 2 aliphatic heterocycles. The standard InChI is InChI=1S/C27H24Cl2N4O4S/c1-38(36,37)22-10-8-17(9-11-22)24-25(18-4-2-6-20(28)14-18)33(27(35)32-13-12-30-23(34)16-32)26(31-24)19-5-3-7-21(29)15-19/h2-11,14-15,24-25H,12-13,16H2,1H3,(H,30,34). The minimum atomic E-state index is -3.39. The molecule has 8 nitrogen and oxygen atoms in total. The van der Waals surface area contributed by atoms with Crippen LogP contribution in [0, 0.1) is 0 Å². The van der Waals surface area contributed by atoms with E-state index in [1.165, 1.54) is 17.0 Å². The monoisotopic (exact) mass is 570 g/mol. The fraction of sp³-hybridized carbons (Fsp3) is 0.222. The van der Waals surface area contributed by atoms with Gasteiger partial charge >= 0.3 is 6.03 Å². The van der Waals surface area contributed by atoms with E-state index < -0.39 is 21.9 Å². The molecular formula is C27H24Cl2N4O4S. The van der Waals surface area contributed by atoms with Gasteiger partial charge < -0.3 is 10.2 Å². The first-order valence-corrected chi connectivity index (χ1v) is 14.5. The predicted molar refractivity (Wildman–Crippen MR) is 146 cm³/mol. The minimum absolute atomic E-state index is 0.0752. The van der Waals surface area contributed by atoms with E-state index in [-0.39, 0.29) is 23.4 Å². The van der Waals surface area contributed by atoms with Crippen LogP contribution in [-0.2, 0) is 14.6 Å². The molecule has 2 unspecified atom stereocenters. The van der Waals surface area contributed by atoms with Crippen LogP contribution < -0.4 is 5.32 Å². The Bertz CT molecular complexity index is 1540. The van der Waals surface area contributed by atoms with Crippen molar-refractivity contribution in [3.8, 4) is 0 Å². The number of hydrogen-bond acceptors (Lipinski definition) is 5. The van der Waals surface area contributed by atoms with Gasteiger partial charge in [-0.1, -0.05) is 59.6 Å². The molecule has 1 fully saturated rings. The summed E-state index contributed by atoms with van der Waals surface area (Å²) in [5.74, 6) is 0.155. The van der Waals surface area contributed by atoms with E-state index in [4.69, 9.17) is 28.2 Å². The first kappa shape index (κ1) is 26.2. The van der Waals surface area contributed by atoms with Crippen molar-refractivity contribution >= 4 is 50.8 Å². The molecule has 0 aliphatic carbocycles. The average Bonchev–Trinajstić information content (AvgIpc) is 3.28. The largest absolute Gasteiger partial charge is 0.353 e. The SMILES string of the molecule is CS(=O)(=O)c1ccc(C2N=C(c3cccc(Cl)c3)N(C(=O)N3CCNC(=O)C3)C2c2cccc(Cl)c2)cc1. The third-order valence-electron chi connectivity index (χ3n) is 6.50. The third-order valence-corrected chi connectivity index (χ3v) is 8.10. The molecule has 3 amide bonds. The zero-order chi connectivity index (χ0) is 27.0. The van der Waals surface area contributed by atoms with Crippen LogP contribution in [-0.4, -0.2) is 61.9 Å². The molecule has 2 atom stereocenters. The van der Waals surface area contributed by atoms with Gasteiger partial charge in [0, 0.05) is 35.0 Å². The van der Waals surface area contributed by atoms with Gasteiger partial charge in [0.25, 0.3) is 0 Å². The Balaban J connectivity index is 1.68. The van der Waals surface area contributed by atoms with Gasteiger partial charge in [-0.15, -0.1) is 0 Å². The molecule has 3 aromatic carbocycles. The lowest BCUT2D eigenvalue weighted by molar-refractivity contribution is -0.123. The Morgan fingerprint density at radius 2 is 1.66 bits per heavy atom. The third kappa shape index (κ3) is 5.27. The maximum Gasteiger partial charge on any atom is 0.326 e. The molecule has 2 heterocycles. The second kappa shape index (κ2) is 10.4. The topological polar surface area (TPSA) is 99.2 Å². The zero-order valence-corrected chi connectivity index (χ0v) is 22.7. The second-order valence-electron chi connectivity index (χ2n) is 9.17. The number of urea groups is 1. The summed E-state index contributed by atoms with van der Waals surface area (Å²) in [6.45, 7) is 0.619. The smallest absolute Gasteiger partial charge is 0.326 e. The molecule has 0 aromatic heterocycles. The summed E-state index contributed by atoms with van der Waals surface area (Å²) in [5, 5.41) is 3.72. The lowest BCUT2D eigenvalue weighted by atomic mass is 9.93. The van der Waals surface area contributed by atoms with Crippen LogP contribution in [0.15, 0.2) is 82.7 Å². The van der Waals surface area contributed by atoms with Gasteiger partial charge in [0.1, 0.15) is 18.4 Å². The van der Waals surface area contributed by atoms with Gasteiger partial charge in [-0.2, -0.15) is 0 Å². The second-order valence-corrected chi connectivity index (χ2v) is 12.1. The van der Waals surface area contributed by atoms with E-state index in [0.717, 1.165) is 11.8 Å². The molecule has 38 heavy (non-hydrogen) atoms. The number of nitrogens with zero attached hydrogens (tertiary/aromatic N) is 3. The van der Waals surface area contributed by atoms with Crippen LogP contribution in [0.1, 0.15) is 28.8 Å². The number of hydrogen-bond donors (Lipinski definition) is 1. The highest BCUT2D eigenvalue weighted by Crippen LogP contribution is 2.44. The molecule has 0 saturated carbocycles. The van der Waals surface area contributed by atoms with Crippen molar-refractivity contribution in [3.63, 3.8) is 0 Å². The number of amidine groups is 1. The van der Waals surface area contributed by atoms with Gasteiger partial charge in [0.2, 0.25) is 5.91 Å². The summed E-state index contributed by atoms with van der Waals surface area (Å²) in [7, 11) is -3.39. The van der Waals surface area contributed by atoms with Crippen molar-refractivity contribution < 1.29 is 18.0 Å². The highest BCUT2D eigenvalue weighted by molar-refractivity contribution is 7.90. The van der Waals surface area contributed by atoms with Crippen LogP contribution in [0.3, 0.4) is 0 Å². The molecular weight excluding hydrogens is 547 g/mol. The number of amides is 3. The summed E-state index contributed by atoms with van der Waals surface area (Å²) in [5.41, 5.74) is 2.09. The molecule has 3 aromatic rings. The number of sulfone groups is 1. The van der Waals surface area contributed by atoms with Crippen LogP contribution in [0.2, 0.25) is 10.0 Å². The van der Waals surface area contributed by atoms with Crippen LogP contribution >= 0.6 is 23.2 Å². The van der Waals surface area contributed by atoms with Gasteiger partial charge in [-0.05, 0) is 47.5 Å². The maximum atomic E-state index is 14.1. The van der Waals surface area contributed by atoms with E-state index in [1.54, 1.807) is 53.4 Å². The summed E-state index contributed by atoms with van der Waals surface area (Å²) in [6, 6.07) is 19.2. The number of piperazine rings is 1. The van der Waals surface area contributed by atoms with Crippen molar-refractivity contribution in [2.24, 2.45) is 4.99 Å². The highest BCUT2D eigenvalue weighted by Gasteiger charge is 2.44. The van der Waals surface area contributed by atoms with E-state index in [1.807, 2.05) is 12.1 Å². The number of benzene rings is 3. The number of carbonyl (C=O) groups is 2. The maximum absolute atomic E-state index is 14.1. The Morgan fingerprint density at radius 1 is 0.974 bits per heavy atom. The highest BCUT2D eigenvalue weighted by atomic mass is 35.5. The normalized spacial score (nSPS) is 19.8. The average molecular weight is 571 g/mol. The van der Waals surface area contributed by atoms with E-state index in [0.29, 0.717) is 40.1 Å². The quantitative estimate of drug-likeness (QED) is 0.499. The van der Waals surface area contributed by atoms with E-state index in [9.17, 15) is 18.0 Å². The Hall–Kier alpha value is -3.40. The Morgan fingerprint density at radius 3 is 2.29 bits per heavy atom. The first-order chi connectivity index (χ1) is 18.1. The van der Waals surface area contributed by atoms with Crippen LogP contribution in [0.5, 0.6) is 0 Å². The van der Waals surface area contributed by atoms with Crippen molar-refractivity contribution in [2.45, 2.75) is 17.0 Å². The van der Waals surface area contributed by atoms with Crippen LogP contribution in [0.25, 0.3) is 0 Å². The first-order valence-electron chi connectivity index (χ1n) is 11.9. The molecule has 2 aliphatic rings. The summed E-state index contributed by atoms with van der Waals surface area (Å²) in [6.07, 6.45) is 1.15.